The lowest BCUT2D eigenvalue weighted by Crippen LogP contribution is -2.39. The molecule has 30 heavy (non-hydrogen) atoms. The molecule has 0 spiro atoms. The molecule has 2 aromatic heterocycles. The average molecular weight is 465 g/mol. The molecule has 0 amide bonds. The van der Waals surface area contributed by atoms with Crippen molar-refractivity contribution in [2.45, 2.75) is 30.5 Å². The van der Waals surface area contributed by atoms with Crippen LogP contribution in [-0.2, 0) is 19.7 Å². The number of pyridine rings is 1. The van der Waals surface area contributed by atoms with Gasteiger partial charge in [0.25, 0.3) is 10.0 Å². The predicted molar refractivity (Wildman–Crippen MR) is 103 cm³/mol. The Bertz CT molecular complexity index is 1010. The number of aryl methyl sites for hydroxylation is 1. The minimum absolute atomic E-state index is 0.139. The topological polar surface area (TPSA) is 105 Å². The van der Waals surface area contributed by atoms with E-state index in [1.807, 2.05) is 11.9 Å². The molecule has 1 atom stereocenters. The van der Waals surface area contributed by atoms with Crippen molar-refractivity contribution in [3.05, 3.63) is 28.7 Å². The Balaban J connectivity index is 1.94. The quantitative estimate of drug-likeness (QED) is 0.645. The molecule has 1 saturated heterocycles. The lowest BCUT2D eigenvalue weighted by molar-refractivity contribution is -0.199. The van der Waals surface area contributed by atoms with Gasteiger partial charge in [0, 0.05) is 31.2 Å². The normalized spacial score (nSPS) is 17.0. The number of rotatable bonds is 6. The van der Waals surface area contributed by atoms with Crippen LogP contribution in [0.3, 0.4) is 0 Å². The second kappa shape index (κ2) is 8.35. The van der Waals surface area contributed by atoms with Gasteiger partial charge in [-0.15, -0.1) is 11.3 Å². The number of nitrogens with one attached hydrogen (secondary N) is 1. The molecule has 9 nitrogen and oxygen atoms in total. The van der Waals surface area contributed by atoms with Crippen molar-refractivity contribution in [2.24, 2.45) is 0 Å². The van der Waals surface area contributed by atoms with Crippen LogP contribution in [0.15, 0.2) is 28.0 Å². The Morgan fingerprint density at radius 1 is 1.37 bits per heavy atom. The number of alkyl halides is 3. The fourth-order valence-electron chi connectivity index (χ4n) is 2.93. The fourth-order valence-corrected chi connectivity index (χ4v) is 4.72. The first-order valence-corrected chi connectivity index (χ1v) is 11.0. The summed E-state index contributed by atoms with van der Waals surface area (Å²) >= 11 is 0.919. The number of anilines is 2. The van der Waals surface area contributed by atoms with Crippen molar-refractivity contribution >= 4 is 39.0 Å². The van der Waals surface area contributed by atoms with Gasteiger partial charge in [-0.1, -0.05) is 4.47 Å². The molecule has 1 aliphatic heterocycles. The monoisotopic (exact) mass is 465 g/mol. The zero-order chi connectivity index (χ0) is 22.1. The molecule has 0 aliphatic carbocycles. The highest BCUT2D eigenvalue weighted by Gasteiger charge is 2.45. The molecular formula is C16H18F3N5O4S2. The van der Waals surface area contributed by atoms with Crippen molar-refractivity contribution < 1.29 is 31.2 Å². The van der Waals surface area contributed by atoms with Gasteiger partial charge in [-0.2, -0.15) is 21.6 Å². The number of hydrogen-bond donors (Lipinski definition) is 1. The average Bonchev–Trinajstić information content (AvgIpc) is 3.38. The van der Waals surface area contributed by atoms with Crippen LogP contribution in [0.4, 0.5) is 24.8 Å². The smallest absolute Gasteiger partial charge is 0.355 e. The lowest BCUT2D eigenvalue weighted by atomic mass is 10.2. The van der Waals surface area contributed by atoms with Crippen LogP contribution in [0.25, 0.3) is 0 Å². The number of halogens is 3. The van der Waals surface area contributed by atoms with Crippen LogP contribution < -0.4 is 14.7 Å². The molecule has 14 heteroatoms. The summed E-state index contributed by atoms with van der Waals surface area (Å²) in [6.45, 7) is 3.24. The molecule has 0 bridgehead atoms. The number of aromatic nitrogens is 2. The van der Waals surface area contributed by atoms with Gasteiger partial charge in [-0.3, -0.25) is 0 Å². The molecule has 0 radical (unpaired) electrons. The molecule has 3 rings (SSSR count). The van der Waals surface area contributed by atoms with Crippen molar-refractivity contribution in [1.82, 2.24) is 15.3 Å². The SMILES string of the molecule is Cc1cc(S(=O)(=O)N(OC(=O)C(F)(F)F)c2cscn2)cnc1N(C)[C@H]1CCNC1. The predicted octanol–water partition coefficient (Wildman–Crippen LogP) is 1.86. The van der Waals surface area contributed by atoms with Gasteiger partial charge in [-0.05, 0) is 31.5 Å². The number of thiazole rings is 1. The highest BCUT2D eigenvalue weighted by Crippen LogP contribution is 2.29. The van der Waals surface area contributed by atoms with Crippen LogP contribution >= 0.6 is 11.3 Å². The molecule has 0 unspecified atom stereocenters. The molecule has 0 saturated carbocycles. The molecule has 1 aliphatic rings. The molecule has 164 valence electrons. The molecule has 2 aromatic rings. The van der Waals surface area contributed by atoms with Crippen LogP contribution in [0.5, 0.6) is 0 Å². The Labute approximate surface area is 174 Å². The Hall–Kier alpha value is -2.45. The van der Waals surface area contributed by atoms with Crippen LogP contribution in [0.2, 0.25) is 0 Å². The maximum Gasteiger partial charge on any atom is 0.493 e. The van der Waals surface area contributed by atoms with E-state index in [4.69, 9.17) is 0 Å². The number of hydrogen-bond acceptors (Lipinski definition) is 9. The Morgan fingerprint density at radius 3 is 2.63 bits per heavy atom. The summed E-state index contributed by atoms with van der Waals surface area (Å²) < 4.78 is 63.8. The minimum Gasteiger partial charge on any atom is -0.355 e. The largest absolute Gasteiger partial charge is 0.493 e. The zero-order valence-electron chi connectivity index (χ0n) is 15.9. The number of nitrogens with zero attached hydrogens (tertiary/aromatic N) is 4. The van der Waals surface area contributed by atoms with E-state index in [0.717, 1.165) is 42.4 Å². The molecule has 1 fully saturated rings. The maximum atomic E-state index is 13.0. The van der Waals surface area contributed by atoms with E-state index in [1.54, 1.807) is 6.92 Å². The third-order valence-corrected chi connectivity index (χ3v) is 6.55. The van der Waals surface area contributed by atoms with E-state index in [-0.39, 0.29) is 10.5 Å². The number of carbonyl (C=O) groups excluding carboxylic acids is 1. The van der Waals surface area contributed by atoms with Gasteiger partial charge >= 0.3 is 12.1 Å². The second-order valence-electron chi connectivity index (χ2n) is 6.52. The summed E-state index contributed by atoms with van der Waals surface area (Å²) in [6.07, 6.45) is -3.49. The van der Waals surface area contributed by atoms with Gasteiger partial charge in [0.2, 0.25) is 0 Å². The van der Waals surface area contributed by atoms with Crippen molar-refractivity contribution in [2.75, 3.05) is 29.5 Å². The first kappa shape index (κ1) is 22.2. The molecule has 0 aromatic carbocycles. The van der Waals surface area contributed by atoms with E-state index in [2.05, 4.69) is 20.1 Å². The zero-order valence-corrected chi connectivity index (χ0v) is 17.5. The lowest BCUT2D eigenvalue weighted by Gasteiger charge is -2.27. The van der Waals surface area contributed by atoms with E-state index < -0.39 is 32.9 Å². The summed E-state index contributed by atoms with van der Waals surface area (Å²) in [5, 5.41) is 4.36. The van der Waals surface area contributed by atoms with Crippen molar-refractivity contribution in [1.29, 1.82) is 0 Å². The summed E-state index contributed by atoms with van der Waals surface area (Å²) in [6, 6.07) is 1.44. The highest BCUT2D eigenvalue weighted by atomic mass is 32.2. The number of likely N-dealkylation sites (N-methyl/N-ethyl adjacent to an activating group) is 1. The van der Waals surface area contributed by atoms with Crippen LogP contribution in [-0.4, -0.2) is 56.7 Å². The summed E-state index contributed by atoms with van der Waals surface area (Å²) in [4.78, 5) is 24.8. The van der Waals surface area contributed by atoms with E-state index in [0.29, 0.717) is 11.4 Å². The Morgan fingerprint density at radius 2 is 2.10 bits per heavy atom. The number of carbonyl (C=O) groups is 1. The summed E-state index contributed by atoms with van der Waals surface area (Å²) in [5.41, 5.74) is 1.68. The van der Waals surface area contributed by atoms with Gasteiger partial charge in [0.1, 0.15) is 10.7 Å². The number of sulfonamides is 1. The van der Waals surface area contributed by atoms with Crippen LogP contribution in [0, 0.1) is 6.92 Å². The summed E-state index contributed by atoms with van der Waals surface area (Å²) in [5.74, 6) is -2.63. The third-order valence-electron chi connectivity index (χ3n) is 4.46. The molecule has 3 heterocycles. The summed E-state index contributed by atoms with van der Waals surface area (Å²) in [7, 11) is -2.90. The van der Waals surface area contributed by atoms with Gasteiger partial charge in [0.15, 0.2) is 5.82 Å². The molecular weight excluding hydrogens is 447 g/mol. The van der Waals surface area contributed by atoms with Crippen LogP contribution in [0.1, 0.15) is 12.0 Å². The molecule has 1 N–H and O–H groups in total. The van der Waals surface area contributed by atoms with Gasteiger partial charge in [0.05, 0.1) is 5.51 Å². The van der Waals surface area contributed by atoms with Gasteiger partial charge < -0.3 is 15.1 Å². The fraction of sp³-hybridized carbons (Fsp3) is 0.438. The second-order valence-corrected chi connectivity index (χ2v) is 9.00. The van der Waals surface area contributed by atoms with E-state index in [1.165, 1.54) is 11.6 Å². The van der Waals surface area contributed by atoms with Gasteiger partial charge in [-0.25, -0.2) is 14.8 Å². The first-order valence-electron chi connectivity index (χ1n) is 8.64. The maximum absolute atomic E-state index is 13.0. The highest BCUT2D eigenvalue weighted by molar-refractivity contribution is 7.92. The standard InChI is InChI=1S/C16H18F3N5O4S2/c1-10-5-12(7-21-14(10)23(2)11-3-4-20-6-11)30(26,27)24(13-8-29-9-22-13)28-15(25)16(17,18)19/h5,7-9,11,20H,3-4,6H2,1-2H3/t11-/m0/s1. The minimum atomic E-state index is -5.39. The van der Waals surface area contributed by atoms with Crippen molar-refractivity contribution in [3.63, 3.8) is 0 Å². The first-order chi connectivity index (χ1) is 14.0. The van der Waals surface area contributed by atoms with E-state index >= 15 is 0 Å². The Kier molecular flexibility index (Phi) is 6.19. The third kappa shape index (κ3) is 4.49. The van der Waals surface area contributed by atoms with Crippen molar-refractivity contribution in [3.8, 4) is 0 Å². The van der Waals surface area contributed by atoms with E-state index in [9.17, 15) is 26.4 Å².